The van der Waals surface area contributed by atoms with E-state index < -0.39 is 4.92 Å². The molecule has 2 N–H and O–H groups in total. The monoisotopic (exact) mass is 489 g/mol. The van der Waals surface area contributed by atoms with Crippen molar-refractivity contribution in [1.29, 1.82) is 0 Å². The number of aromatic nitrogens is 6. The van der Waals surface area contributed by atoms with Crippen LogP contribution in [0.4, 0.5) is 21.8 Å². The number of nitrogens with zero attached hydrogens (tertiary/aromatic N) is 7. The lowest BCUT2D eigenvalue weighted by Gasteiger charge is -2.27. The van der Waals surface area contributed by atoms with Crippen LogP contribution < -0.4 is 10.2 Å². The number of hydrogen-bond acceptors (Lipinski definition) is 9. The van der Waals surface area contributed by atoms with Gasteiger partial charge in [0.2, 0.25) is 5.95 Å². The largest absolute Gasteiger partial charge is 0.378 e. The fraction of sp³-hybridized carbons (Fsp3) is 0.217. The zero-order valence-electron chi connectivity index (χ0n) is 18.9. The Morgan fingerprint density at radius 1 is 1.08 bits per heavy atom. The maximum Gasteiger partial charge on any atom is 0.297 e. The number of anilines is 2. The molecule has 1 fully saturated rings. The summed E-state index contributed by atoms with van der Waals surface area (Å²) in [5.41, 5.74) is 2.59. The van der Waals surface area contributed by atoms with E-state index in [4.69, 9.17) is 14.7 Å². The molecule has 0 spiro atoms. The average molecular weight is 489 g/mol. The minimum Gasteiger partial charge on any atom is -0.378 e. The highest BCUT2D eigenvalue weighted by atomic mass is 19.1. The number of nitro benzene ring substituents is 1. The van der Waals surface area contributed by atoms with Gasteiger partial charge in [0, 0.05) is 24.8 Å². The third-order valence-electron chi connectivity index (χ3n) is 5.94. The number of nitro groups is 1. The number of aromatic amines is 1. The second-order valence-electron chi connectivity index (χ2n) is 8.20. The molecule has 6 rings (SSSR count). The third-order valence-corrected chi connectivity index (χ3v) is 5.94. The van der Waals surface area contributed by atoms with Crippen molar-refractivity contribution < 1.29 is 14.1 Å². The van der Waals surface area contributed by atoms with Gasteiger partial charge in [-0.2, -0.15) is 9.97 Å². The van der Waals surface area contributed by atoms with Gasteiger partial charge in [0.05, 0.1) is 30.2 Å². The molecule has 36 heavy (non-hydrogen) atoms. The zero-order valence-corrected chi connectivity index (χ0v) is 18.9. The number of nitrogens with one attached hydrogen (secondary N) is 2. The second kappa shape index (κ2) is 8.85. The molecule has 0 aliphatic carbocycles. The second-order valence-corrected chi connectivity index (χ2v) is 8.20. The molecule has 0 radical (unpaired) electrons. The third kappa shape index (κ3) is 3.94. The summed E-state index contributed by atoms with van der Waals surface area (Å²) in [6.07, 6.45) is 1.62. The number of para-hydroxylation sites is 1. The van der Waals surface area contributed by atoms with Crippen LogP contribution in [0, 0.1) is 15.9 Å². The summed E-state index contributed by atoms with van der Waals surface area (Å²) in [7, 11) is 0. The van der Waals surface area contributed by atoms with Crippen molar-refractivity contribution in [2.24, 2.45) is 0 Å². The van der Waals surface area contributed by atoms with Crippen molar-refractivity contribution in [2.75, 3.05) is 36.5 Å². The molecular formula is C23H20FN9O3. The van der Waals surface area contributed by atoms with Crippen LogP contribution in [0.2, 0.25) is 0 Å². The molecule has 0 bridgehead atoms. The maximum absolute atomic E-state index is 13.5. The number of ether oxygens (including phenoxy) is 1. The molecule has 4 heterocycles. The van der Waals surface area contributed by atoms with Crippen LogP contribution in [0.5, 0.6) is 0 Å². The number of imidazole rings is 2. The number of hydrogen-bond donors (Lipinski definition) is 2. The lowest BCUT2D eigenvalue weighted by Crippen LogP contribution is -2.37. The van der Waals surface area contributed by atoms with Gasteiger partial charge in [0.15, 0.2) is 22.5 Å². The highest BCUT2D eigenvalue weighted by Gasteiger charge is 2.21. The molecular weight excluding hydrogens is 469 g/mol. The number of benzene rings is 2. The fourth-order valence-corrected chi connectivity index (χ4v) is 4.17. The first kappa shape index (κ1) is 21.9. The Balaban J connectivity index is 1.39. The van der Waals surface area contributed by atoms with E-state index in [1.807, 2.05) is 4.90 Å². The van der Waals surface area contributed by atoms with E-state index in [1.165, 1.54) is 18.2 Å². The van der Waals surface area contributed by atoms with Gasteiger partial charge in [0.25, 0.3) is 5.69 Å². The van der Waals surface area contributed by atoms with Crippen LogP contribution >= 0.6 is 0 Å². The Morgan fingerprint density at radius 2 is 1.89 bits per heavy atom. The van der Waals surface area contributed by atoms with Gasteiger partial charge >= 0.3 is 0 Å². The van der Waals surface area contributed by atoms with E-state index in [2.05, 4.69) is 20.3 Å². The van der Waals surface area contributed by atoms with Gasteiger partial charge in [-0.25, -0.2) is 14.4 Å². The number of halogens is 1. The summed E-state index contributed by atoms with van der Waals surface area (Å²) in [5.74, 6) is 1.17. The fourth-order valence-electron chi connectivity index (χ4n) is 4.17. The number of fused-ring (bicyclic) bond motifs is 2. The maximum atomic E-state index is 13.5. The molecule has 182 valence electrons. The lowest BCUT2D eigenvalue weighted by molar-refractivity contribution is -0.383. The molecule has 13 heteroatoms. The van der Waals surface area contributed by atoms with E-state index in [9.17, 15) is 14.5 Å². The summed E-state index contributed by atoms with van der Waals surface area (Å²) >= 11 is 0. The van der Waals surface area contributed by atoms with Crippen LogP contribution in [0.25, 0.3) is 27.9 Å². The first-order valence-electron chi connectivity index (χ1n) is 11.3. The molecule has 1 saturated heterocycles. The van der Waals surface area contributed by atoms with E-state index in [1.54, 1.807) is 35.2 Å². The van der Waals surface area contributed by atoms with Crippen LogP contribution in [0.3, 0.4) is 0 Å². The minimum absolute atomic E-state index is 0.0629. The van der Waals surface area contributed by atoms with Crippen molar-refractivity contribution in [3.8, 4) is 5.69 Å². The average Bonchev–Trinajstić information content (AvgIpc) is 3.52. The highest BCUT2D eigenvalue weighted by Crippen LogP contribution is 2.27. The first-order chi connectivity index (χ1) is 17.6. The van der Waals surface area contributed by atoms with Gasteiger partial charge in [-0.1, -0.05) is 6.07 Å². The summed E-state index contributed by atoms with van der Waals surface area (Å²) in [6, 6.07) is 10.8. The van der Waals surface area contributed by atoms with Gasteiger partial charge < -0.3 is 19.9 Å². The van der Waals surface area contributed by atoms with Gasteiger partial charge in [-0.15, -0.1) is 0 Å². The normalized spacial score (nSPS) is 14.0. The van der Waals surface area contributed by atoms with Crippen molar-refractivity contribution >= 4 is 39.7 Å². The van der Waals surface area contributed by atoms with Gasteiger partial charge in [-0.3, -0.25) is 14.7 Å². The zero-order chi connectivity index (χ0) is 24.6. The molecule has 3 aromatic heterocycles. The molecule has 0 saturated carbocycles. The van der Waals surface area contributed by atoms with E-state index >= 15 is 0 Å². The summed E-state index contributed by atoms with van der Waals surface area (Å²) in [4.78, 5) is 34.5. The predicted molar refractivity (Wildman–Crippen MR) is 130 cm³/mol. The van der Waals surface area contributed by atoms with Crippen LogP contribution in [0.1, 0.15) is 5.82 Å². The number of non-ortho nitro benzene ring substituents is 1. The number of morpholine rings is 1. The topological polar surface area (TPSA) is 140 Å². The Hall–Kier alpha value is -4.65. The van der Waals surface area contributed by atoms with E-state index in [0.29, 0.717) is 71.8 Å². The Bertz CT molecular complexity index is 1580. The van der Waals surface area contributed by atoms with Crippen LogP contribution in [0.15, 0.2) is 48.8 Å². The molecule has 1 aliphatic rings. The smallest absolute Gasteiger partial charge is 0.297 e. The molecule has 5 aromatic rings. The Labute approximate surface area is 202 Å². The highest BCUT2D eigenvalue weighted by molar-refractivity contribution is 5.86. The molecule has 2 aromatic carbocycles. The quantitative estimate of drug-likeness (QED) is 0.272. The predicted octanol–water partition coefficient (Wildman–Crippen LogP) is 3.19. The Kier molecular flexibility index (Phi) is 5.37. The Morgan fingerprint density at radius 3 is 2.67 bits per heavy atom. The van der Waals surface area contributed by atoms with E-state index in [0.717, 1.165) is 0 Å². The lowest BCUT2D eigenvalue weighted by atomic mass is 10.3. The molecule has 12 nitrogen and oxygen atoms in total. The van der Waals surface area contributed by atoms with Crippen LogP contribution in [-0.4, -0.2) is 60.7 Å². The van der Waals surface area contributed by atoms with Crippen molar-refractivity contribution in [1.82, 2.24) is 29.5 Å². The standard InChI is InChI=1S/C23H20FN9O3/c24-14-4-6-15(7-5-14)32-13-26-20-21(29-23(30-22(20)32)31-8-10-36-11-9-31)25-12-18-27-16-2-1-3-17(33(34)35)19(16)28-18/h1-7,13H,8-12H2,(H,27,28)(H,25,29,30). The number of rotatable bonds is 6. The van der Waals surface area contributed by atoms with Crippen molar-refractivity contribution in [3.63, 3.8) is 0 Å². The van der Waals surface area contributed by atoms with Crippen molar-refractivity contribution in [3.05, 3.63) is 70.5 Å². The SMILES string of the molecule is O=[N+]([O-])c1cccc2[nH]c(CNc3nc(N4CCOCC4)nc4c3ncn4-c3ccc(F)cc3)nc12. The summed E-state index contributed by atoms with van der Waals surface area (Å²) < 4.78 is 20.7. The minimum atomic E-state index is -0.453. The summed E-state index contributed by atoms with van der Waals surface area (Å²) in [5, 5.41) is 14.6. The van der Waals surface area contributed by atoms with Gasteiger partial charge in [0.1, 0.15) is 18.0 Å². The summed E-state index contributed by atoms with van der Waals surface area (Å²) in [6.45, 7) is 2.65. The molecule has 1 aliphatic heterocycles. The van der Waals surface area contributed by atoms with Crippen LogP contribution in [-0.2, 0) is 11.3 Å². The molecule has 0 amide bonds. The first-order valence-corrected chi connectivity index (χ1v) is 11.3. The van der Waals surface area contributed by atoms with Crippen molar-refractivity contribution in [2.45, 2.75) is 6.54 Å². The van der Waals surface area contributed by atoms with E-state index in [-0.39, 0.29) is 18.0 Å². The number of H-pyrrole nitrogens is 1. The molecule has 0 atom stereocenters. The van der Waals surface area contributed by atoms with Gasteiger partial charge in [-0.05, 0) is 30.3 Å². The molecule has 0 unspecified atom stereocenters.